The van der Waals surface area contributed by atoms with E-state index in [2.05, 4.69) is 10.2 Å². The number of nitrogens with one attached hydrogen (secondary N) is 1. The molecule has 2 aromatic rings. The lowest BCUT2D eigenvalue weighted by molar-refractivity contribution is -0.157. The normalized spacial score (nSPS) is 12.0. The van der Waals surface area contributed by atoms with Crippen molar-refractivity contribution in [2.45, 2.75) is 38.5 Å². The van der Waals surface area contributed by atoms with Gasteiger partial charge in [0, 0.05) is 0 Å². The van der Waals surface area contributed by atoms with Gasteiger partial charge in [0.1, 0.15) is 12.2 Å². The Morgan fingerprint density at radius 1 is 0.938 bits per heavy atom. The Hall–Kier alpha value is -3.43. The first-order valence-electron chi connectivity index (χ1n) is 9.97. The van der Waals surface area contributed by atoms with E-state index in [-0.39, 0.29) is 0 Å². The summed E-state index contributed by atoms with van der Waals surface area (Å²) < 4.78 is 15.9. The van der Waals surface area contributed by atoms with Crippen molar-refractivity contribution in [3.8, 4) is 0 Å². The average molecular weight is 444 g/mol. The fourth-order valence-corrected chi connectivity index (χ4v) is 2.69. The minimum absolute atomic E-state index is 0.490. The molecular formula is C23H28N2O7. The Morgan fingerprint density at radius 2 is 1.47 bits per heavy atom. The van der Waals surface area contributed by atoms with Crippen molar-refractivity contribution in [3.63, 3.8) is 0 Å². The van der Waals surface area contributed by atoms with Crippen LogP contribution in [0.25, 0.3) is 0 Å². The molecule has 1 unspecified atom stereocenters. The van der Waals surface area contributed by atoms with Gasteiger partial charge in [-0.2, -0.15) is 0 Å². The molecule has 3 N–H and O–H groups in total. The summed E-state index contributed by atoms with van der Waals surface area (Å²) in [5.41, 5.74) is 0.673. The zero-order valence-electron chi connectivity index (χ0n) is 18.3. The highest BCUT2D eigenvalue weighted by molar-refractivity contribution is 5.82. The van der Waals surface area contributed by atoms with Gasteiger partial charge in [-0.25, -0.2) is 20.3 Å². The summed E-state index contributed by atoms with van der Waals surface area (Å²) in [7, 11) is 0. The quantitative estimate of drug-likeness (QED) is 0.343. The average Bonchev–Trinajstić information content (AvgIpc) is 2.75. The van der Waals surface area contributed by atoms with Crippen LogP contribution in [0.2, 0.25) is 0 Å². The Morgan fingerprint density at radius 3 is 1.94 bits per heavy atom. The van der Waals surface area contributed by atoms with Crippen molar-refractivity contribution in [1.29, 1.82) is 0 Å². The van der Waals surface area contributed by atoms with E-state index in [1.54, 1.807) is 20.8 Å². The van der Waals surface area contributed by atoms with Crippen LogP contribution in [0.3, 0.4) is 0 Å². The van der Waals surface area contributed by atoms with E-state index in [9.17, 15) is 14.4 Å². The smallest absolute Gasteiger partial charge is 0.408 e. The summed E-state index contributed by atoms with van der Waals surface area (Å²) in [4.78, 5) is 41.1. The molecule has 0 heterocycles. The summed E-state index contributed by atoms with van der Waals surface area (Å²) >= 11 is 0. The molecule has 2 aromatic carbocycles. The molecule has 2 rings (SSSR count). The standard InChI is InChI=1S/C23H28N2O7/c1-23(2,3)32-22(28)25-18(14-29-19(26)15-30-24)21(27)31-20(16-10-6-4-7-11-16)17-12-8-5-9-13-17/h4-13,18,20H,14-15,24H2,1-3H3,(H,25,28). The molecule has 0 saturated heterocycles. The first-order chi connectivity index (χ1) is 15.2. The van der Waals surface area contributed by atoms with Gasteiger partial charge in [-0.15, -0.1) is 0 Å². The van der Waals surface area contributed by atoms with Gasteiger partial charge in [-0.3, -0.25) is 4.84 Å². The number of nitrogens with two attached hydrogens (primary N) is 1. The van der Waals surface area contributed by atoms with Crippen LogP contribution >= 0.6 is 0 Å². The highest BCUT2D eigenvalue weighted by Crippen LogP contribution is 2.26. The predicted molar refractivity (Wildman–Crippen MR) is 115 cm³/mol. The van der Waals surface area contributed by atoms with Crippen LogP contribution in [-0.2, 0) is 28.6 Å². The highest BCUT2D eigenvalue weighted by Gasteiger charge is 2.30. The first kappa shape index (κ1) is 24.8. The second-order valence-electron chi connectivity index (χ2n) is 7.83. The van der Waals surface area contributed by atoms with Gasteiger partial charge in [0.05, 0.1) is 0 Å². The van der Waals surface area contributed by atoms with E-state index >= 15 is 0 Å². The maximum Gasteiger partial charge on any atom is 0.408 e. The third-order valence-electron chi connectivity index (χ3n) is 4.03. The molecule has 9 heteroatoms. The van der Waals surface area contributed by atoms with Gasteiger partial charge < -0.3 is 19.5 Å². The minimum Gasteiger partial charge on any atom is -0.461 e. The topological polar surface area (TPSA) is 126 Å². The van der Waals surface area contributed by atoms with Crippen molar-refractivity contribution in [2.75, 3.05) is 13.2 Å². The highest BCUT2D eigenvalue weighted by atomic mass is 16.6. The first-order valence-corrected chi connectivity index (χ1v) is 9.97. The van der Waals surface area contributed by atoms with E-state index in [0.29, 0.717) is 0 Å². The zero-order valence-corrected chi connectivity index (χ0v) is 18.3. The SMILES string of the molecule is CC(C)(C)OC(=O)NC(COC(=O)CON)C(=O)OC(c1ccccc1)c1ccccc1. The lowest BCUT2D eigenvalue weighted by Crippen LogP contribution is -2.47. The molecule has 0 aromatic heterocycles. The number of amides is 1. The maximum absolute atomic E-state index is 13.0. The van der Waals surface area contributed by atoms with Crippen LogP contribution in [0.1, 0.15) is 38.0 Å². The Balaban J connectivity index is 2.22. The third-order valence-corrected chi connectivity index (χ3v) is 4.03. The van der Waals surface area contributed by atoms with Crippen LogP contribution in [0, 0.1) is 0 Å². The third kappa shape index (κ3) is 8.37. The van der Waals surface area contributed by atoms with Crippen LogP contribution < -0.4 is 11.2 Å². The molecule has 0 spiro atoms. The molecule has 9 nitrogen and oxygen atoms in total. The number of carbonyl (C=O) groups is 3. The molecule has 0 saturated carbocycles. The number of rotatable bonds is 9. The van der Waals surface area contributed by atoms with E-state index in [0.717, 1.165) is 11.1 Å². The van der Waals surface area contributed by atoms with E-state index in [1.807, 2.05) is 60.7 Å². The maximum atomic E-state index is 13.0. The number of alkyl carbamates (subject to hydrolysis) is 1. The van der Waals surface area contributed by atoms with E-state index in [1.165, 1.54) is 0 Å². The zero-order chi connectivity index (χ0) is 23.6. The summed E-state index contributed by atoms with van der Waals surface area (Å²) in [6.07, 6.45) is -1.60. The van der Waals surface area contributed by atoms with Crippen molar-refractivity contribution in [1.82, 2.24) is 5.32 Å². The summed E-state index contributed by atoms with van der Waals surface area (Å²) in [6.45, 7) is 4.04. The van der Waals surface area contributed by atoms with Gasteiger partial charge in [-0.1, -0.05) is 60.7 Å². The molecule has 0 aliphatic rings. The molecule has 0 radical (unpaired) electrons. The number of carbonyl (C=O) groups excluding carboxylic acids is 3. The van der Waals surface area contributed by atoms with Crippen molar-refractivity contribution in [3.05, 3.63) is 71.8 Å². The van der Waals surface area contributed by atoms with Gasteiger partial charge in [0.2, 0.25) is 0 Å². The minimum atomic E-state index is -1.32. The Bertz CT molecular complexity index is 843. The predicted octanol–water partition coefficient (Wildman–Crippen LogP) is 2.65. The molecule has 1 amide bonds. The summed E-state index contributed by atoms with van der Waals surface area (Å²) in [5.74, 6) is 3.24. The molecule has 1 atom stereocenters. The monoisotopic (exact) mass is 444 g/mol. The summed E-state index contributed by atoms with van der Waals surface area (Å²) in [6, 6.07) is 16.9. The number of ether oxygens (including phenoxy) is 3. The van der Waals surface area contributed by atoms with Gasteiger partial charge in [-0.05, 0) is 31.9 Å². The van der Waals surface area contributed by atoms with Gasteiger partial charge in [0.15, 0.2) is 18.8 Å². The lowest BCUT2D eigenvalue weighted by Gasteiger charge is -2.25. The molecule has 0 aliphatic carbocycles. The van der Waals surface area contributed by atoms with E-state index in [4.69, 9.17) is 20.1 Å². The molecule has 0 bridgehead atoms. The molecular weight excluding hydrogens is 416 g/mol. The molecule has 172 valence electrons. The Labute approximate surface area is 186 Å². The fourth-order valence-electron chi connectivity index (χ4n) is 2.69. The van der Waals surface area contributed by atoms with Crippen molar-refractivity contribution < 1.29 is 33.4 Å². The van der Waals surface area contributed by atoms with E-state index < -0.39 is 49.0 Å². The number of benzene rings is 2. The fraction of sp³-hybridized carbons (Fsp3) is 0.348. The Kier molecular flexibility index (Phi) is 9.18. The van der Waals surface area contributed by atoms with Crippen LogP contribution in [0.5, 0.6) is 0 Å². The summed E-state index contributed by atoms with van der Waals surface area (Å²) in [5, 5.41) is 2.39. The molecule has 32 heavy (non-hydrogen) atoms. The largest absolute Gasteiger partial charge is 0.461 e. The van der Waals surface area contributed by atoms with Crippen molar-refractivity contribution >= 4 is 18.0 Å². The number of hydrogen-bond donors (Lipinski definition) is 2. The second kappa shape index (κ2) is 11.8. The molecule has 0 fully saturated rings. The van der Waals surface area contributed by atoms with Crippen LogP contribution in [0.15, 0.2) is 60.7 Å². The number of hydrogen-bond acceptors (Lipinski definition) is 8. The van der Waals surface area contributed by atoms with Gasteiger partial charge >= 0.3 is 18.0 Å². The number of esters is 2. The lowest BCUT2D eigenvalue weighted by atomic mass is 10.0. The van der Waals surface area contributed by atoms with Crippen LogP contribution in [-0.4, -0.2) is 42.9 Å². The molecule has 0 aliphatic heterocycles. The van der Waals surface area contributed by atoms with Crippen molar-refractivity contribution in [2.24, 2.45) is 5.90 Å². The van der Waals surface area contributed by atoms with Crippen LogP contribution in [0.4, 0.5) is 4.79 Å². The van der Waals surface area contributed by atoms with Gasteiger partial charge in [0.25, 0.3) is 0 Å². The second-order valence-corrected chi connectivity index (χ2v) is 7.83.